The van der Waals surface area contributed by atoms with Crippen molar-refractivity contribution in [3.05, 3.63) is 24.0 Å². The van der Waals surface area contributed by atoms with E-state index in [2.05, 4.69) is 9.97 Å². The first-order chi connectivity index (χ1) is 10.3. The van der Waals surface area contributed by atoms with Gasteiger partial charge in [-0.2, -0.15) is 0 Å². The lowest BCUT2D eigenvalue weighted by molar-refractivity contribution is -0.130. The van der Waals surface area contributed by atoms with Crippen molar-refractivity contribution in [2.24, 2.45) is 0 Å². The summed E-state index contributed by atoms with van der Waals surface area (Å²) < 4.78 is 0. The lowest BCUT2D eigenvalue weighted by Crippen LogP contribution is -2.31. The van der Waals surface area contributed by atoms with Gasteiger partial charge in [0.25, 0.3) is 0 Å². The summed E-state index contributed by atoms with van der Waals surface area (Å²) in [6.07, 6.45) is 6.73. The van der Waals surface area contributed by atoms with Crippen LogP contribution in [-0.2, 0) is 9.59 Å². The summed E-state index contributed by atoms with van der Waals surface area (Å²) in [7, 11) is 8.78. The number of hydrogen-bond donors (Lipinski definition) is 0. The Labute approximate surface area is 131 Å². The maximum Gasteiger partial charge on any atom is 0.246 e. The molecule has 0 aliphatic carbocycles. The number of anilines is 1. The van der Waals surface area contributed by atoms with E-state index in [1.165, 1.54) is 15.9 Å². The maximum absolute atomic E-state index is 11.9. The summed E-state index contributed by atoms with van der Waals surface area (Å²) in [5.41, 5.74) is 0.747. The molecule has 2 amide bonds. The quantitative estimate of drug-likeness (QED) is 0.716. The van der Waals surface area contributed by atoms with Gasteiger partial charge in [0.05, 0.1) is 0 Å². The monoisotopic (exact) mass is 305 g/mol. The zero-order chi connectivity index (χ0) is 16.7. The van der Waals surface area contributed by atoms with Crippen LogP contribution in [-0.4, -0.2) is 73.4 Å². The van der Waals surface area contributed by atoms with Crippen molar-refractivity contribution in [1.82, 2.24) is 19.8 Å². The molecule has 7 heteroatoms. The highest BCUT2D eigenvalue weighted by Gasteiger charge is 2.09. The molecule has 0 aliphatic heterocycles. The van der Waals surface area contributed by atoms with Crippen molar-refractivity contribution in [2.45, 2.75) is 6.42 Å². The summed E-state index contributed by atoms with van der Waals surface area (Å²) >= 11 is 0. The minimum absolute atomic E-state index is 0.00342. The van der Waals surface area contributed by atoms with Crippen LogP contribution in [0.2, 0.25) is 0 Å². The molecule has 1 aromatic rings. The molecule has 22 heavy (non-hydrogen) atoms. The fourth-order valence-corrected chi connectivity index (χ4v) is 1.54. The van der Waals surface area contributed by atoms with Gasteiger partial charge in [-0.25, -0.2) is 9.97 Å². The first kappa shape index (κ1) is 17.6. The van der Waals surface area contributed by atoms with Crippen molar-refractivity contribution >= 4 is 23.8 Å². The second-order valence-electron chi connectivity index (χ2n) is 5.34. The Morgan fingerprint density at radius 3 is 2.18 bits per heavy atom. The molecule has 0 N–H and O–H groups in total. The number of carbonyl (C=O) groups excluding carboxylic acids is 2. The predicted molar refractivity (Wildman–Crippen MR) is 86.3 cm³/mol. The van der Waals surface area contributed by atoms with Crippen LogP contribution in [0.1, 0.15) is 12.0 Å². The molecule has 0 saturated heterocycles. The minimum Gasteiger partial charge on any atom is -0.349 e. The number of hydrogen-bond acceptors (Lipinski definition) is 5. The molecule has 1 heterocycles. The largest absolute Gasteiger partial charge is 0.349 e. The zero-order valence-electron chi connectivity index (χ0n) is 13.8. The average Bonchev–Trinajstić information content (AvgIpc) is 2.49. The third kappa shape index (κ3) is 5.51. The Morgan fingerprint density at radius 2 is 1.68 bits per heavy atom. The molecular weight excluding hydrogens is 282 g/mol. The first-order valence-electron chi connectivity index (χ1n) is 6.94. The number of aromatic nitrogens is 2. The number of amides is 2. The van der Waals surface area contributed by atoms with Gasteiger partial charge in [0.2, 0.25) is 17.8 Å². The fraction of sp³-hybridized carbons (Fsp3) is 0.467. The van der Waals surface area contributed by atoms with Crippen LogP contribution in [0.5, 0.6) is 0 Å². The molecule has 1 aromatic heterocycles. The standard InChI is InChI=1S/C15H23N5O2/c1-18(2)13(21)8-9-20(5)14(22)7-6-12-10-16-15(17-11-12)19(3)4/h6-7,10-11H,8-9H2,1-5H3/b7-6+. The molecule has 0 aliphatic rings. The maximum atomic E-state index is 11.9. The second kappa shape index (κ2) is 8.11. The van der Waals surface area contributed by atoms with Gasteiger partial charge in [0.1, 0.15) is 0 Å². The summed E-state index contributed by atoms with van der Waals surface area (Å²) in [4.78, 5) is 36.6. The van der Waals surface area contributed by atoms with Gasteiger partial charge in [-0.15, -0.1) is 0 Å². The summed E-state index contributed by atoms with van der Waals surface area (Å²) in [6, 6.07) is 0. The molecule has 120 valence electrons. The van der Waals surface area contributed by atoms with Crippen LogP contribution in [0.25, 0.3) is 6.08 Å². The Hall–Kier alpha value is -2.44. The van der Waals surface area contributed by atoms with Crippen molar-refractivity contribution < 1.29 is 9.59 Å². The fourth-order valence-electron chi connectivity index (χ4n) is 1.54. The van der Waals surface area contributed by atoms with Crippen LogP contribution in [0, 0.1) is 0 Å². The molecule has 0 unspecified atom stereocenters. The van der Waals surface area contributed by atoms with Crippen molar-refractivity contribution in [3.8, 4) is 0 Å². The highest BCUT2D eigenvalue weighted by atomic mass is 16.2. The highest BCUT2D eigenvalue weighted by Crippen LogP contribution is 2.05. The SMILES string of the molecule is CN(C)C(=O)CCN(C)C(=O)/C=C/c1cnc(N(C)C)nc1. The van der Waals surface area contributed by atoms with E-state index in [0.717, 1.165) is 5.56 Å². The molecule has 0 aromatic carbocycles. The average molecular weight is 305 g/mol. The molecule has 0 radical (unpaired) electrons. The third-order valence-corrected chi connectivity index (χ3v) is 3.01. The Balaban J connectivity index is 2.54. The highest BCUT2D eigenvalue weighted by molar-refractivity contribution is 5.91. The topological polar surface area (TPSA) is 69.6 Å². The van der Waals surface area contributed by atoms with Gasteiger partial charge in [0, 0.05) is 72.2 Å². The van der Waals surface area contributed by atoms with E-state index in [9.17, 15) is 9.59 Å². The molecule has 7 nitrogen and oxygen atoms in total. The van der Waals surface area contributed by atoms with E-state index >= 15 is 0 Å². The predicted octanol–water partition coefficient (Wildman–Crippen LogP) is 0.492. The Kier molecular flexibility index (Phi) is 6.49. The van der Waals surface area contributed by atoms with Gasteiger partial charge in [-0.3, -0.25) is 9.59 Å². The van der Waals surface area contributed by atoms with E-state index in [0.29, 0.717) is 18.9 Å². The van der Waals surface area contributed by atoms with Crippen molar-refractivity contribution in [2.75, 3.05) is 46.7 Å². The Morgan fingerprint density at radius 1 is 1.09 bits per heavy atom. The molecular formula is C15H23N5O2. The van der Waals surface area contributed by atoms with Crippen LogP contribution in [0.3, 0.4) is 0 Å². The van der Waals surface area contributed by atoms with Crippen LogP contribution in [0.15, 0.2) is 18.5 Å². The molecule has 1 rings (SSSR count). The Bertz CT molecular complexity index is 537. The molecule has 0 spiro atoms. The minimum atomic E-state index is -0.164. The van der Waals surface area contributed by atoms with E-state index < -0.39 is 0 Å². The summed E-state index contributed by atoms with van der Waals surface area (Å²) in [5, 5.41) is 0. The van der Waals surface area contributed by atoms with Gasteiger partial charge in [-0.1, -0.05) is 0 Å². The number of likely N-dealkylation sites (N-methyl/N-ethyl adjacent to an activating group) is 1. The van der Waals surface area contributed by atoms with Gasteiger partial charge in [0.15, 0.2) is 0 Å². The lowest BCUT2D eigenvalue weighted by Gasteiger charge is -2.16. The van der Waals surface area contributed by atoms with Gasteiger partial charge >= 0.3 is 0 Å². The van der Waals surface area contributed by atoms with Gasteiger partial charge in [-0.05, 0) is 6.08 Å². The smallest absolute Gasteiger partial charge is 0.246 e. The number of rotatable bonds is 6. The second-order valence-corrected chi connectivity index (χ2v) is 5.34. The van der Waals surface area contributed by atoms with Crippen molar-refractivity contribution in [1.29, 1.82) is 0 Å². The van der Waals surface area contributed by atoms with E-state index in [4.69, 9.17) is 0 Å². The van der Waals surface area contributed by atoms with E-state index in [1.807, 2.05) is 14.1 Å². The molecule has 0 saturated carbocycles. The van der Waals surface area contributed by atoms with Crippen LogP contribution in [0.4, 0.5) is 5.95 Å². The third-order valence-electron chi connectivity index (χ3n) is 3.01. The van der Waals surface area contributed by atoms with Crippen molar-refractivity contribution in [3.63, 3.8) is 0 Å². The summed E-state index contributed by atoms with van der Waals surface area (Å²) in [6.45, 7) is 0.385. The number of nitrogens with zero attached hydrogens (tertiary/aromatic N) is 5. The van der Waals surface area contributed by atoms with Gasteiger partial charge < -0.3 is 14.7 Å². The van der Waals surface area contributed by atoms with E-state index in [1.54, 1.807) is 44.5 Å². The first-order valence-corrected chi connectivity index (χ1v) is 6.94. The van der Waals surface area contributed by atoms with E-state index in [-0.39, 0.29) is 11.8 Å². The normalized spacial score (nSPS) is 10.6. The lowest BCUT2D eigenvalue weighted by atomic mass is 10.3. The zero-order valence-corrected chi connectivity index (χ0v) is 13.8. The molecule has 0 bridgehead atoms. The molecule has 0 atom stereocenters. The van der Waals surface area contributed by atoms with Crippen LogP contribution < -0.4 is 4.90 Å². The van der Waals surface area contributed by atoms with Crippen LogP contribution >= 0.6 is 0 Å². The summed E-state index contributed by atoms with van der Waals surface area (Å²) in [5.74, 6) is 0.447. The molecule has 0 fully saturated rings. The number of carbonyl (C=O) groups is 2.